The Balaban J connectivity index is 2.03. The Kier molecular flexibility index (Phi) is 3.50. The van der Waals surface area contributed by atoms with Crippen LogP contribution in [-0.4, -0.2) is 30.6 Å². The molecule has 0 bridgehead atoms. The van der Waals surface area contributed by atoms with Gasteiger partial charge in [-0.1, -0.05) is 11.5 Å². The van der Waals surface area contributed by atoms with Gasteiger partial charge in [0, 0.05) is 17.7 Å². The quantitative estimate of drug-likeness (QED) is 0.749. The van der Waals surface area contributed by atoms with Gasteiger partial charge in [-0.15, -0.1) is 0 Å². The molecular formula is C18H14BNO3S. The molecule has 0 aliphatic carbocycles. The number of hydrogen-bond donors (Lipinski definition) is 1. The molecule has 6 heteroatoms. The Hall–Kier alpha value is -2.47. The van der Waals surface area contributed by atoms with Gasteiger partial charge in [0.25, 0.3) is 0 Å². The van der Waals surface area contributed by atoms with E-state index in [1.54, 1.807) is 24.5 Å². The van der Waals surface area contributed by atoms with E-state index >= 15 is 0 Å². The molecule has 0 saturated heterocycles. The zero-order valence-corrected chi connectivity index (χ0v) is 13.9. The Morgan fingerprint density at radius 3 is 2.83 bits per heavy atom. The van der Waals surface area contributed by atoms with E-state index in [1.165, 1.54) is 0 Å². The predicted molar refractivity (Wildman–Crippen MR) is 95.8 cm³/mol. The molecule has 2 aromatic heterocycles. The maximum absolute atomic E-state index is 11.7. The van der Waals surface area contributed by atoms with E-state index in [1.807, 2.05) is 33.5 Å². The van der Waals surface area contributed by atoms with Crippen molar-refractivity contribution >= 4 is 30.6 Å². The van der Waals surface area contributed by atoms with E-state index < -0.39 is 5.97 Å². The largest absolute Gasteiger partial charge is 0.497 e. The van der Waals surface area contributed by atoms with Gasteiger partial charge in [-0.05, 0) is 46.5 Å². The number of thiophene rings is 1. The number of aromatic nitrogens is 1. The maximum Gasteiger partial charge on any atom is 0.352 e. The average molecular weight is 335 g/mol. The Labute approximate surface area is 144 Å². The molecule has 1 aliphatic rings. The van der Waals surface area contributed by atoms with Gasteiger partial charge in [0.2, 0.25) is 0 Å². The third-order valence-corrected chi connectivity index (χ3v) is 5.15. The van der Waals surface area contributed by atoms with Gasteiger partial charge in [0.15, 0.2) is 0 Å². The zero-order valence-electron chi connectivity index (χ0n) is 13.1. The van der Waals surface area contributed by atoms with Crippen LogP contribution in [0.2, 0.25) is 0 Å². The minimum absolute atomic E-state index is 0.313. The lowest BCUT2D eigenvalue weighted by molar-refractivity contribution is 0.0685. The summed E-state index contributed by atoms with van der Waals surface area (Å²) < 4.78 is 7.24. The normalized spacial score (nSPS) is 12.5. The van der Waals surface area contributed by atoms with Crippen LogP contribution in [0.25, 0.3) is 22.4 Å². The minimum atomic E-state index is -0.913. The highest BCUT2D eigenvalue weighted by atomic mass is 32.1. The van der Waals surface area contributed by atoms with Gasteiger partial charge in [-0.25, -0.2) is 4.79 Å². The first-order valence-corrected chi connectivity index (χ1v) is 8.50. The van der Waals surface area contributed by atoms with E-state index in [0.717, 1.165) is 34.4 Å². The number of carboxylic acids is 1. The second kappa shape index (κ2) is 5.56. The fourth-order valence-corrected chi connectivity index (χ4v) is 4.02. The Morgan fingerprint density at radius 1 is 1.33 bits per heavy atom. The summed E-state index contributed by atoms with van der Waals surface area (Å²) in [5.74, 6) is -0.305. The number of ether oxygens (including phenoxy) is 1. The molecule has 0 atom stereocenters. The van der Waals surface area contributed by atoms with Crippen LogP contribution in [0.5, 0.6) is 5.75 Å². The number of rotatable bonds is 3. The zero-order chi connectivity index (χ0) is 16.8. The van der Waals surface area contributed by atoms with Crippen LogP contribution < -0.4 is 10.2 Å². The lowest BCUT2D eigenvalue weighted by Gasteiger charge is -2.23. The maximum atomic E-state index is 11.7. The standard InChI is InChI=1S/C18H14BNO3S/c1-23-16-8-13-10(6-14(16)19)2-4-20-15(18(21)22)7-12(17(13)20)11-3-5-24-9-11/h3,5-9H,2,4H2,1H3,(H,21,22). The summed E-state index contributed by atoms with van der Waals surface area (Å²) in [5.41, 5.74) is 5.90. The third-order valence-electron chi connectivity index (χ3n) is 4.46. The number of hydrogen-bond acceptors (Lipinski definition) is 3. The van der Waals surface area contributed by atoms with Crippen molar-refractivity contribution in [3.8, 4) is 28.1 Å². The van der Waals surface area contributed by atoms with Crippen molar-refractivity contribution in [2.75, 3.05) is 7.11 Å². The molecule has 0 unspecified atom stereocenters. The third kappa shape index (κ3) is 2.18. The van der Waals surface area contributed by atoms with E-state index in [-0.39, 0.29) is 0 Å². The van der Waals surface area contributed by atoms with Crippen LogP contribution in [0.4, 0.5) is 0 Å². The average Bonchev–Trinajstić information content (AvgIpc) is 3.21. The van der Waals surface area contributed by atoms with Crippen molar-refractivity contribution in [3.05, 3.63) is 46.3 Å². The molecule has 4 rings (SSSR count). The molecule has 3 aromatic rings. The number of methoxy groups -OCH3 is 1. The van der Waals surface area contributed by atoms with Gasteiger partial charge in [-0.3, -0.25) is 0 Å². The Morgan fingerprint density at radius 2 is 2.17 bits per heavy atom. The number of fused-ring (bicyclic) bond motifs is 3. The molecule has 0 saturated carbocycles. The van der Waals surface area contributed by atoms with E-state index in [9.17, 15) is 9.90 Å². The van der Waals surface area contributed by atoms with Crippen LogP contribution in [-0.2, 0) is 13.0 Å². The summed E-state index contributed by atoms with van der Waals surface area (Å²) in [6, 6.07) is 7.62. The van der Waals surface area contributed by atoms with Crippen LogP contribution in [0.1, 0.15) is 16.1 Å². The van der Waals surface area contributed by atoms with Gasteiger partial charge in [-0.2, -0.15) is 11.3 Å². The van der Waals surface area contributed by atoms with E-state index in [4.69, 9.17) is 12.6 Å². The molecule has 118 valence electrons. The van der Waals surface area contributed by atoms with Crippen molar-refractivity contribution in [1.82, 2.24) is 4.57 Å². The van der Waals surface area contributed by atoms with Crippen molar-refractivity contribution < 1.29 is 14.6 Å². The summed E-state index contributed by atoms with van der Waals surface area (Å²) in [6.45, 7) is 0.625. The smallest absolute Gasteiger partial charge is 0.352 e. The first-order valence-electron chi connectivity index (χ1n) is 7.56. The number of carboxylic acid groups (broad SMARTS) is 1. The lowest BCUT2D eigenvalue weighted by Crippen LogP contribution is -2.18. The molecule has 24 heavy (non-hydrogen) atoms. The topological polar surface area (TPSA) is 51.5 Å². The Bertz CT molecular complexity index is 944. The first-order chi connectivity index (χ1) is 11.6. The number of aryl methyl sites for hydroxylation is 1. The van der Waals surface area contributed by atoms with Gasteiger partial charge < -0.3 is 14.4 Å². The number of benzene rings is 1. The molecule has 0 fully saturated rings. The SMILES string of the molecule is [B]c1cc2c(cc1OC)-c1c(-c3ccsc3)cc(C(=O)O)n1CC2. The summed E-state index contributed by atoms with van der Waals surface area (Å²) in [5, 5.41) is 13.6. The monoisotopic (exact) mass is 335 g/mol. The second-order valence-corrected chi connectivity index (χ2v) is 6.54. The molecule has 1 N–H and O–H groups in total. The predicted octanol–water partition coefficient (Wildman–Crippen LogP) is 2.94. The van der Waals surface area contributed by atoms with Crippen molar-refractivity contribution in [1.29, 1.82) is 0 Å². The molecule has 1 aliphatic heterocycles. The number of aromatic carboxylic acids is 1. The summed E-state index contributed by atoms with van der Waals surface area (Å²) >= 11 is 1.59. The molecule has 3 heterocycles. The van der Waals surface area contributed by atoms with Crippen LogP contribution in [0.3, 0.4) is 0 Å². The van der Waals surface area contributed by atoms with Crippen LogP contribution >= 0.6 is 11.3 Å². The first kappa shape index (κ1) is 15.1. The van der Waals surface area contributed by atoms with E-state index in [2.05, 4.69) is 0 Å². The molecule has 1 aromatic carbocycles. The van der Waals surface area contributed by atoms with Crippen molar-refractivity contribution in [2.24, 2.45) is 0 Å². The van der Waals surface area contributed by atoms with E-state index in [0.29, 0.717) is 23.5 Å². The van der Waals surface area contributed by atoms with Crippen LogP contribution in [0.15, 0.2) is 35.0 Å². The van der Waals surface area contributed by atoms with Gasteiger partial charge in [0.05, 0.1) is 12.8 Å². The molecular weight excluding hydrogens is 321 g/mol. The summed E-state index contributed by atoms with van der Waals surface area (Å²) in [7, 11) is 7.62. The van der Waals surface area contributed by atoms with Gasteiger partial charge >= 0.3 is 5.97 Å². The lowest BCUT2D eigenvalue weighted by atomic mass is 9.86. The number of carbonyl (C=O) groups is 1. The van der Waals surface area contributed by atoms with Crippen molar-refractivity contribution in [3.63, 3.8) is 0 Å². The number of nitrogens with zero attached hydrogens (tertiary/aromatic N) is 1. The highest BCUT2D eigenvalue weighted by Crippen LogP contribution is 2.41. The van der Waals surface area contributed by atoms with Crippen LogP contribution in [0, 0.1) is 0 Å². The fourth-order valence-electron chi connectivity index (χ4n) is 3.37. The minimum Gasteiger partial charge on any atom is -0.497 e. The highest BCUT2D eigenvalue weighted by molar-refractivity contribution is 7.08. The molecule has 2 radical (unpaired) electrons. The fraction of sp³-hybridized carbons (Fsp3) is 0.167. The summed E-state index contributed by atoms with van der Waals surface area (Å²) in [4.78, 5) is 11.7. The van der Waals surface area contributed by atoms with Crippen molar-refractivity contribution in [2.45, 2.75) is 13.0 Å². The second-order valence-electron chi connectivity index (χ2n) is 5.76. The summed E-state index contributed by atoms with van der Waals surface area (Å²) in [6.07, 6.45) is 0.745. The highest BCUT2D eigenvalue weighted by Gasteiger charge is 2.27. The van der Waals surface area contributed by atoms with Gasteiger partial charge in [0.1, 0.15) is 19.3 Å². The molecule has 4 nitrogen and oxygen atoms in total. The molecule has 0 spiro atoms. The molecule has 0 amide bonds.